The zero-order chi connectivity index (χ0) is 20.1. The van der Waals surface area contributed by atoms with E-state index in [0.29, 0.717) is 30.0 Å². The molecule has 0 spiro atoms. The Hall–Kier alpha value is -2.53. The molecule has 0 amide bonds. The van der Waals surface area contributed by atoms with E-state index in [4.69, 9.17) is 10.5 Å². The molecule has 2 aromatic carbocycles. The summed E-state index contributed by atoms with van der Waals surface area (Å²) < 4.78 is 5.44. The quantitative estimate of drug-likeness (QED) is 0.586. The molecule has 150 valence electrons. The fraction of sp³-hybridized carbons (Fsp3) is 0.435. The van der Waals surface area contributed by atoms with Crippen molar-refractivity contribution in [1.82, 2.24) is 4.90 Å². The molecule has 0 bridgehead atoms. The van der Waals surface area contributed by atoms with Crippen LogP contribution in [-0.2, 0) is 0 Å². The molecule has 2 aromatic rings. The zero-order valence-corrected chi connectivity index (χ0v) is 17.2. The standard InChI is InChI=1S/C23H31N3O2/c1-4-28-23-9-8-19(16-20(23)24)22(27)10-11-25-12-14-26(15-13-25)21-7-5-6-17(2)18(21)3/h5-9,16H,4,10-15,24H2,1-3H3. The first-order valence-corrected chi connectivity index (χ1v) is 10.1. The average molecular weight is 382 g/mol. The molecule has 0 aromatic heterocycles. The molecule has 0 radical (unpaired) electrons. The minimum Gasteiger partial charge on any atom is -0.492 e. The van der Waals surface area contributed by atoms with E-state index < -0.39 is 0 Å². The van der Waals surface area contributed by atoms with Crippen LogP contribution in [0.5, 0.6) is 5.75 Å². The van der Waals surface area contributed by atoms with E-state index in [-0.39, 0.29) is 5.78 Å². The van der Waals surface area contributed by atoms with E-state index in [1.807, 2.05) is 13.0 Å². The first kappa shape index (κ1) is 20.2. The number of hydrogen-bond acceptors (Lipinski definition) is 5. The molecule has 1 saturated heterocycles. The lowest BCUT2D eigenvalue weighted by atomic mass is 10.1. The smallest absolute Gasteiger partial charge is 0.164 e. The van der Waals surface area contributed by atoms with Gasteiger partial charge in [0.15, 0.2) is 5.78 Å². The third kappa shape index (κ3) is 4.65. The Kier molecular flexibility index (Phi) is 6.57. The van der Waals surface area contributed by atoms with Gasteiger partial charge in [-0.3, -0.25) is 9.69 Å². The van der Waals surface area contributed by atoms with Gasteiger partial charge in [-0.25, -0.2) is 0 Å². The summed E-state index contributed by atoms with van der Waals surface area (Å²) in [6.07, 6.45) is 0.511. The molecule has 0 unspecified atom stereocenters. The van der Waals surface area contributed by atoms with Crippen molar-refractivity contribution in [3.8, 4) is 5.75 Å². The topological polar surface area (TPSA) is 58.8 Å². The molecule has 3 rings (SSSR count). The largest absolute Gasteiger partial charge is 0.492 e. The van der Waals surface area contributed by atoms with Crippen LogP contribution in [0.2, 0.25) is 0 Å². The first-order chi connectivity index (χ1) is 13.5. The van der Waals surface area contributed by atoms with Crippen LogP contribution in [0.15, 0.2) is 36.4 Å². The molecular formula is C23H31N3O2. The summed E-state index contributed by atoms with van der Waals surface area (Å²) in [6, 6.07) is 11.8. The number of anilines is 2. The van der Waals surface area contributed by atoms with Crippen molar-refractivity contribution in [2.24, 2.45) is 0 Å². The molecule has 0 aliphatic carbocycles. The van der Waals surface area contributed by atoms with Gasteiger partial charge in [0.25, 0.3) is 0 Å². The van der Waals surface area contributed by atoms with Crippen LogP contribution in [0.3, 0.4) is 0 Å². The lowest BCUT2D eigenvalue weighted by Gasteiger charge is -2.37. The Morgan fingerprint density at radius 3 is 2.54 bits per heavy atom. The van der Waals surface area contributed by atoms with Gasteiger partial charge < -0.3 is 15.4 Å². The molecule has 5 heteroatoms. The number of piperazine rings is 1. The highest BCUT2D eigenvalue weighted by Gasteiger charge is 2.19. The lowest BCUT2D eigenvalue weighted by molar-refractivity contribution is 0.0962. The number of hydrogen-bond donors (Lipinski definition) is 1. The molecule has 5 nitrogen and oxygen atoms in total. The van der Waals surface area contributed by atoms with Crippen molar-refractivity contribution in [2.75, 3.05) is 50.0 Å². The predicted octanol–water partition coefficient (Wildman–Crippen LogP) is 3.68. The van der Waals surface area contributed by atoms with Crippen LogP contribution in [0.25, 0.3) is 0 Å². The Morgan fingerprint density at radius 1 is 1.11 bits per heavy atom. The van der Waals surface area contributed by atoms with Gasteiger partial charge in [0.2, 0.25) is 0 Å². The van der Waals surface area contributed by atoms with Crippen molar-refractivity contribution < 1.29 is 9.53 Å². The van der Waals surface area contributed by atoms with E-state index in [0.717, 1.165) is 32.7 Å². The van der Waals surface area contributed by atoms with Gasteiger partial charge in [0.05, 0.1) is 12.3 Å². The normalized spacial score (nSPS) is 14.9. The summed E-state index contributed by atoms with van der Waals surface area (Å²) in [6.45, 7) is 11.6. The fourth-order valence-electron chi connectivity index (χ4n) is 3.70. The number of rotatable bonds is 7. The second kappa shape index (κ2) is 9.11. The number of nitrogens with two attached hydrogens (primary N) is 1. The SMILES string of the molecule is CCOc1ccc(C(=O)CCN2CCN(c3cccc(C)c3C)CC2)cc1N. The maximum Gasteiger partial charge on any atom is 0.164 e. The lowest BCUT2D eigenvalue weighted by Crippen LogP contribution is -2.47. The van der Waals surface area contributed by atoms with Crippen LogP contribution in [-0.4, -0.2) is 50.0 Å². The third-order valence-corrected chi connectivity index (χ3v) is 5.58. The zero-order valence-electron chi connectivity index (χ0n) is 17.2. The molecule has 1 heterocycles. The van der Waals surface area contributed by atoms with Crippen LogP contribution >= 0.6 is 0 Å². The summed E-state index contributed by atoms with van der Waals surface area (Å²) in [5.74, 6) is 0.772. The minimum atomic E-state index is 0.131. The average Bonchev–Trinajstić information content (AvgIpc) is 2.70. The summed E-state index contributed by atoms with van der Waals surface area (Å²) in [7, 11) is 0. The van der Waals surface area contributed by atoms with Crippen molar-refractivity contribution >= 4 is 17.2 Å². The van der Waals surface area contributed by atoms with Crippen LogP contribution < -0.4 is 15.4 Å². The fourth-order valence-corrected chi connectivity index (χ4v) is 3.70. The number of ketones is 1. The van der Waals surface area contributed by atoms with E-state index >= 15 is 0 Å². The van der Waals surface area contributed by atoms with Crippen molar-refractivity contribution in [3.63, 3.8) is 0 Å². The molecule has 28 heavy (non-hydrogen) atoms. The van der Waals surface area contributed by atoms with Crippen molar-refractivity contribution in [2.45, 2.75) is 27.2 Å². The van der Waals surface area contributed by atoms with E-state index in [9.17, 15) is 4.79 Å². The van der Waals surface area contributed by atoms with Gasteiger partial charge in [0.1, 0.15) is 5.75 Å². The van der Waals surface area contributed by atoms with Crippen LogP contribution in [0.4, 0.5) is 11.4 Å². The summed E-state index contributed by atoms with van der Waals surface area (Å²) in [5, 5.41) is 0. The molecule has 1 fully saturated rings. The van der Waals surface area contributed by atoms with Gasteiger partial charge in [-0.15, -0.1) is 0 Å². The number of ether oxygens (including phenoxy) is 1. The summed E-state index contributed by atoms with van der Waals surface area (Å²) in [5.41, 5.74) is 11.2. The number of carbonyl (C=O) groups excluding carboxylic acids is 1. The highest BCUT2D eigenvalue weighted by Crippen LogP contribution is 2.25. The number of nitrogens with zero attached hydrogens (tertiary/aromatic N) is 2. The van der Waals surface area contributed by atoms with E-state index in [1.54, 1.807) is 12.1 Å². The van der Waals surface area contributed by atoms with Gasteiger partial charge in [-0.1, -0.05) is 12.1 Å². The van der Waals surface area contributed by atoms with Gasteiger partial charge in [-0.05, 0) is 56.2 Å². The third-order valence-electron chi connectivity index (χ3n) is 5.58. The van der Waals surface area contributed by atoms with Gasteiger partial charge >= 0.3 is 0 Å². The molecule has 0 saturated carbocycles. The maximum atomic E-state index is 12.5. The Labute approximate surface area is 168 Å². The van der Waals surface area contributed by atoms with Gasteiger partial charge in [0, 0.05) is 50.4 Å². The molecule has 1 aliphatic rings. The van der Waals surface area contributed by atoms with Gasteiger partial charge in [-0.2, -0.15) is 0 Å². The number of benzene rings is 2. The Morgan fingerprint density at radius 2 is 1.86 bits per heavy atom. The Balaban J connectivity index is 1.51. The summed E-state index contributed by atoms with van der Waals surface area (Å²) >= 11 is 0. The molecule has 2 N–H and O–H groups in total. The number of nitrogen functional groups attached to an aromatic ring is 1. The number of carbonyl (C=O) groups is 1. The van der Waals surface area contributed by atoms with Crippen LogP contribution in [0, 0.1) is 13.8 Å². The van der Waals surface area contributed by atoms with E-state index in [2.05, 4.69) is 41.8 Å². The second-order valence-electron chi connectivity index (χ2n) is 7.41. The number of aryl methyl sites for hydroxylation is 1. The highest BCUT2D eigenvalue weighted by atomic mass is 16.5. The van der Waals surface area contributed by atoms with E-state index in [1.165, 1.54) is 16.8 Å². The first-order valence-electron chi connectivity index (χ1n) is 10.1. The van der Waals surface area contributed by atoms with Crippen LogP contribution in [0.1, 0.15) is 34.8 Å². The predicted molar refractivity (Wildman–Crippen MR) is 116 cm³/mol. The highest BCUT2D eigenvalue weighted by molar-refractivity contribution is 5.97. The summed E-state index contributed by atoms with van der Waals surface area (Å²) in [4.78, 5) is 17.4. The molecule has 1 aliphatic heterocycles. The molecular weight excluding hydrogens is 350 g/mol. The van der Waals surface area contributed by atoms with Crippen molar-refractivity contribution in [3.05, 3.63) is 53.1 Å². The maximum absolute atomic E-state index is 12.5. The molecule has 0 atom stereocenters. The minimum absolute atomic E-state index is 0.131. The Bertz CT molecular complexity index is 827. The second-order valence-corrected chi connectivity index (χ2v) is 7.41. The number of Topliss-reactive ketones (excluding diaryl/α,β-unsaturated/α-hetero) is 1. The van der Waals surface area contributed by atoms with Crippen molar-refractivity contribution in [1.29, 1.82) is 0 Å². The monoisotopic (exact) mass is 381 g/mol.